The number of nitrogens with one attached hydrogen (secondary N) is 1. The predicted octanol–water partition coefficient (Wildman–Crippen LogP) is 3.88. The van der Waals surface area contributed by atoms with Crippen molar-refractivity contribution in [3.8, 4) is 0 Å². The lowest BCUT2D eigenvalue weighted by Crippen LogP contribution is -2.23. The highest BCUT2D eigenvalue weighted by atomic mass is 35.5. The monoisotopic (exact) mass is 378 g/mol. The quantitative estimate of drug-likeness (QED) is 0.877. The number of sulfonamides is 1. The SMILES string of the molecule is Cc1cc(S(=O)(=O)Nc2cccc(N3CCCC3=O)c2)c(C)cc1Cl. The van der Waals surface area contributed by atoms with Crippen LogP contribution in [0.4, 0.5) is 11.4 Å². The van der Waals surface area contributed by atoms with Crippen molar-refractivity contribution in [1.29, 1.82) is 0 Å². The number of nitrogens with zero attached hydrogens (tertiary/aromatic N) is 1. The Morgan fingerprint density at radius 3 is 2.56 bits per heavy atom. The van der Waals surface area contributed by atoms with Gasteiger partial charge in [-0.05, 0) is 61.7 Å². The van der Waals surface area contributed by atoms with Crippen molar-refractivity contribution in [3.05, 3.63) is 52.5 Å². The molecule has 0 aliphatic carbocycles. The molecule has 1 fully saturated rings. The smallest absolute Gasteiger partial charge is 0.262 e. The van der Waals surface area contributed by atoms with Gasteiger partial charge in [-0.3, -0.25) is 9.52 Å². The molecule has 0 unspecified atom stereocenters. The third-order valence-electron chi connectivity index (χ3n) is 4.23. The molecule has 1 N–H and O–H groups in total. The van der Waals surface area contributed by atoms with E-state index in [1.54, 1.807) is 55.1 Å². The van der Waals surface area contributed by atoms with Gasteiger partial charge in [-0.15, -0.1) is 0 Å². The summed E-state index contributed by atoms with van der Waals surface area (Å²) in [5.74, 6) is 0.0594. The maximum Gasteiger partial charge on any atom is 0.262 e. The third kappa shape index (κ3) is 3.65. The Balaban J connectivity index is 1.91. The van der Waals surface area contributed by atoms with Crippen LogP contribution in [0.15, 0.2) is 41.3 Å². The molecule has 0 bridgehead atoms. The summed E-state index contributed by atoms with van der Waals surface area (Å²) in [5.41, 5.74) is 2.40. The summed E-state index contributed by atoms with van der Waals surface area (Å²) in [4.78, 5) is 13.7. The number of benzene rings is 2. The first-order valence-electron chi connectivity index (χ1n) is 7.98. The van der Waals surface area contributed by atoms with Crippen LogP contribution in [0, 0.1) is 13.8 Å². The van der Waals surface area contributed by atoms with E-state index in [2.05, 4.69) is 4.72 Å². The predicted molar refractivity (Wildman–Crippen MR) is 99.8 cm³/mol. The summed E-state index contributed by atoms with van der Waals surface area (Å²) < 4.78 is 28.1. The Labute approximate surface area is 152 Å². The second-order valence-corrected chi connectivity index (χ2v) is 8.23. The molecule has 1 heterocycles. The van der Waals surface area contributed by atoms with Crippen molar-refractivity contribution in [3.63, 3.8) is 0 Å². The maximum absolute atomic E-state index is 12.7. The van der Waals surface area contributed by atoms with E-state index < -0.39 is 10.0 Å². The maximum atomic E-state index is 12.7. The van der Waals surface area contributed by atoms with Crippen LogP contribution in [-0.2, 0) is 14.8 Å². The number of hydrogen-bond donors (Lipinski definition) is 1. The van der Waals surface area contributed by atoms with Crippen LogP contribution in [0.25, 0.3) is 0 Å². The number of aryl methyl sites for hydroxylation is 2. The molecule has 0 aromatic heterocycles. The zero-order chi connectivity index (χ0) is 18.2. The molecule has 2 aromatic rings. The molecule has 0 radical (unpaired) electrons. The van der Waals surface area contributed by atoms with Gasteiger partial charge in [0.25, 0.3) is 10.0 Å². The average Bonchev–Trinajstić information content (AvgIpc) is 2.96. The molecule has 132 valence electrons. The fraction of sp³-hybridized carbons (Fsp3) is 0.278. The molecule has 3 rings (SSSR count). The van der Waals surface area contributed by atoms with Gasteiger partial charge in [0.2, 0.25) is 5.91 Å². The van der Waals surface area contributed by atoms with Gasteiger partial charge in [-0.2, -0.15) is 0 Å². The van der Waals surface area contributed by atoms with E-state index >= 15 is 0 Å². The highest BCUT2D eigenvalue weighted by molar-refractivity contribution is 7.92. The van der Waals surface area contributed by atoms with Crippen LogP contribution >= 0.6 is 11.6 Å². The molecule has 25 heavy (non-hydrogen) atoms. The molecular formula is C18H19ClN2O3S. The molecule has 1 aliphatic rings. The summed E-state index contributed by atoms with van der Waals surface area (Å²) in [6.45, 7) is 4.13. The molecule has 1 aliphatic heterocycles. The summed E-state index contributed by atoms with van der Waals surface area (Å²) >= 11 is 6.05. The van der Waals surface area contributed by atoms with Crippen molar-refractivity contribution in [2.45, 2.75) is 31.6 Å². The van der Waals surface area contributed by atoms with E-state index in [1.807, 2.05) is 0 Å². The number of carbonyl (C=O) groups is 1. The van der Waals surface area contributed by atoms with E-state index in [0.29, 0.717) is 40.5 Å². The van der Waals surface area contributed by atoms with Crippen molar-refractivity contribution in [1.82, 2.24) is 0 Å². The van der Waals surface area contributed by atoms with Crippen LogP contribution in [0.2, 0.25) is 5.02 Å². The minimum Gasteiger partial charge on any atom is -0.312 e. The third-order valence-corrected chi connectivity index (χ3v) is 6.16. The van der Waals surface area contributed by atoms with Crippen LogP contribution < -0.4 is 9.62 Å². The summed E-state index contributed by atoms with van der Waals surface area (Å²) in [6.07, 6.45) is 1.34. The van der Waals surface area contributed by atoms with Crippen LogP contribution in [0.3, 0.4) is 0 Å². The number of carbonyl (C=O) groups excluding carboxylic acids is 1. The zero-order valence-corrected chi connectivity index (χ0v) is 15.6. The summed E-state index contributed by atoms with van der Waals surface area (Å²) in [5, 5.41) is 0.533. The van der Waals surface area contributed by atoms with Crippen LogP contribution in [0.5, 0.6) is 0 Å². The largest absolute Gasteiger partial charge is 0.312 e. The van der Waals surface area contributed by atoms with Crippen molar-refractivity contribution in [2.24, 2.45) is 0 Å². The van der Waals surface area contributed by atoms with Crippen molar-refractivity contribution >= 4 is 38.9 Å². The van der Waals surface area contributed by atoms with Gasteiger partial charge >= 0.3 is 0 Å². The molecule has 0 atom stereocenters. The summed E-state index contributed by atoms with van der Waals surface area (Å²) in [6, 6.07) is 10.1. The first-order valence-corrected chi connectivity index (χ1v) is 9.84. The van der Waals surface area contributed by atoms with Gasteiger partial charge in [0.15, 0.2) is 0 Å². The van der Waals surface area contributed by atoms with E-state index in [9.17, 15) is 13.2 Å². The number of amides is 1. The standard InChI is InChI=1S/C18H19ClN2O3S/c1-12-10-17(13(2)9-16(12)19)25(23,24)20-14-5-3-6-15(11-14)21-8-4-7-18(21)22/h3,5-6,9-11,20H,4,7-8H2,1-2H3. The molecule has 5 nitrogen and oxygen atoms in total. The van der Waals surface area contributed by atoms with Gasteiger partial charge < -0.3 is 4.90 Å². The van der Waals surface area contributed by atoms with Gasteiger partial charge in [-0.25, -0.2) is 8.42 Å². The Bertz CT molecular complexity index is 941. The number of hydrogen-bond acceptors (Lipinski definition) is 3. The van der Waals surface area contributed by atoms with E-state index in [4.69, 9.17) is 11.6 Å². The fourth-order valence-corrected chi connectivity index (χ4v) is 4.49. The molecular weight excluding hydrogens is 360 g/mol. The topological polar surface area (TPSA) is 66.5 Å². The van der Waals surface area contributed by atoms with Crippen LogP contribution in [0.1, 0.15) is 24.0 Å². The van der Waals surface area contributed by atoms with E-state index in [1.165, 1.54) is 0 Å². The molecule has 1 saturated heterocycles. The zero-order valence-electron chi connectivity index (χ0n) is 14.0. The lowest BCUT2D eigenvalue weighted by Gasteiger charge is -2.17. The second-order valence-electron chi connectivity index (χ2n) is 6.17. The minimum absolute atomic E-state index is 0.0594. The fourth-order valence-electron chi connectivity index (χ4n) is 2.91. The number of rotatable bonds is 4. The normalized spacial score (nSPS) is 14.8. The highest BCUT2D eigenvalue weighted by Crippen LogP contribution is 2.28. The number of halogens is 1. The van der Waals surface area contributed by atoms with Crippen molar-refractivity contribution in [2.75, 3.05) is 16.2 Å². The molecule has 7 heteroatoms. The van der Waals surface area contributed by atoms with Crippen LogP contribution in [-0.4, -0.2) is 20.9 Å². The minimum atomic E-state index is -3.75. The Hall–Kier alpha value is -2.05. The van der Waals surface area contributed by atoms with Gasteiger partial charge in [0.1, 0.15) is 0 Å². The lowest BCUT2D eigenvalue weighted by molar-refractivity contribution is -0.117. The first kappa shape index (κ1) is 17.8. The Kier molecular flexibility index (Phi) is 4.75. The molecule has 0 saturated carbocycles. The molecule has 2 aromatic carbocycles. The van der Waals surface area contributed by atoms with E-state index in [-0.39, 0.29) is 10.8 Å². The summed E-state index contributed by atoms with van der Waals surface area (Å²) in [7, 11) is -3.75. The molecule has 1 amide bonds. The molecule has 0 spiro atoms. The van der Waals surface area contributed by atoms with E-state index in [0.717, 1.165) is 6.42 Å². The van der Waals surface area contributed by atoms with Gasteiger partial charge in [0.05, 0.1) is 10.6 Å². The Morgan fingerprint density at radius 1 is 1.12 bits per heavy atom. The lowest BCUT2D eigenvalue weighted by atomic mass is 10.2. The van der Waals surface area contributed by atoms with Gasteiger partial charge in [0, 0.05) is 23.7 Å². The number of anilines is 2. The highest BCUT2D eigenvalue weighted by Gasteiger charge is 2.23. The average molecular weight is 379 g/mol. The first-order chi connectivity index (χ1) is 11.8. The van der Waals surface area contributed by atoms with Crippen molar-refractivity contribution < 1.29 is 13.2 Å². The Morgan fingerprint density at radius 2 is 1.88 bits per heavy atom. The second kappa shape index (κ2) is 6.69. The van der Waals surface area contributed by atoms with Gasteiger partial charge in [-0.1, -0.05) is 17.7 Å².